The number of rotatable bonds is 8. The number of hydrogen-bond acceptors (Lipinski definition) is 4. The first-order chi connectivity index (χ1) is 14.0. The van der Waals surface area contributed by atoms with E-state index in [0.717, 1.165) is 22.7 Å². The number of aromatic nitrogens is 2. The van der Waals surface area contributed by atoms with Crippen LogP contribution in [0.3, 0.4) is 0 Å². The first-order valence-electron chi connectivity index (χ1n) is 9.38. The van der Waals surface area contributed by atoms with Crippen molar-refractivity contribution in [3.8, 4) is 0 Å². The van der Waals surface area contributed by atoms with Crippen LogP contribution in [-0.2, 0) is 11.3 Å². The fourth-order valence-corrected chi connectivity index (χ4v) is 3.77. The number of fused-ring (bicyclic) bond motifs is 1. The number of thioether (sulfide) groups is 1. The molecule has 2 amide bonds. The molecule has 0 saturated carbocycles. The Labute approximate surface area is 172 Å². The highest BCUT2D eigenvalue weighted by Gasteiger charge is 2.12. The largest absolute Gasteiger partial charge is 0.354 e. The summed E-state index contributed by atoms with van der Waals surface area (Å²) in [5.74, 6) is -0.689. The minimum atomic E-state index is -0.416. The van der Waals surface area contributed by atoms with E-state index < -0.39 is 5.82 Å². The fraction of sp³-hybridized carbons (Fsp3) is 0.286. The third-order valence-electron chi connectivity index (χ3n) is 4.43. The first kappa shape index (κ1) is 20.9. The van der Waals surface area contributed by atoms with Gasteiger partial charge in [0.2, 0.25) is 5.91 Å². The van der Waals surface area contributed by atoms with Crippen molar-refractivity contribution in [2.45, 2.75) is 25.5 Å². The lowest BCUT2D eigenvalue weighted by atomic mass is 10.1. The summed E-state index contributed by atoms with van der Waals surface area (Å²) in [7, 11) is 0. The van der Waals surface area contributed by atoms with Gasteiger partial charge < -0.3 is 15.2 Å². The second-order valence-electron chi connectivity index (χ2n) is 6.49. The smallest absolute Gasteiger partial charge is 0.251 e. The quantitative estimate of drug-likeness (QED) is 0.439. The SMILES string of the molecule is CCn1c(SCC(=O)NCCNC(=O)c2ccc(C)c(F)c2)nc2ccccc21. The van der Waals surface area contributed by atoms with Gasteiger partial charge in [-0.05, 0) is 43.7 Å². The Morgan fingerprint density at radius 3 is 2.66 bits per heavy atom. The molecule has 3 rings (SSSR count). The minimum Gasteiger partial charge on any atom is -0.354 e. The summed E-state index contributed by atoms with van der Waals surface area (Å²) in [4.78, 5) is 28.7. The number of halogens is 1. The molecule has 1 aromatic heterocycles. The zero-order valence-electron chi connectivity index (χ0n) is 16.4. The number of benzene rings is 2. The van der Waals surface area contributed by atoms with Gasteiger partial charge in [-0.15, -0.1) is 0 Å². The fourth-order valence-electron chi connectivity index (χ4n) is 2.86. The molecule has 3 aromatic rings. The number of para-hydroxylation sites is 2. The zero-order chi connectivity index (χ0) is 20.8. The Bertz CT molecular complexity index is 1030. The number of nitrogens with one attached hydrogen (secondary N) is 2. The van der Waals surface area contributed by atoms with E-state index in [1.54, 1.807) is 19.1 Å². The molecule has 0 unspecified atom stereocenters. The molecule has 0 aliphatic rings. The summed E-state index contributed by atoms with van der Waals surface area (Å²) >= 11 is 1.38. The van der Waals surface area contributed by atoms with Gasteiger partial charge in [0.1, 0.15) is 5.82 Å². The van der Waals surface area contributed by atoms with Crippen molar-refractivity contribution >= 4 is 34.6 Å². The summed E-state index contributed by atoms with van der Waals surface area (Å²) < 4.78 is 15.6. The van der Waals surface area contributed by atoms with Crippen LogP contribution in [0.5, 0.6) is 0 Å². The molecule has 29 heavy (non-hydrogen) atoms. The van der Waals surface area contributed by atoms with E-state index in [-0.39, 0.29) is 29.7 Å². The number of hydrogen-bond donors (Lipinski definition) is 2. The minimum absolute atomic E-state index is 0.139. The van der Waals surface area contributed by atoms with Crippen LogP contribution in [0.4, 0.5) is 4.39 Å². The van der Waals surface area contributed by atoms with E-state index in [0.29, 0.717) is 12.1 Å². The van der Waals surface area contributed by atoms with Crippen LogP contribution in [0.25, 0.3) is 11.0 Å². The van der Waals surface area contributed by atoms with Gasteiger partial charge in [0.25, 0.3) is 5.91 Å². The highest BCUT2D eigenvalue weighted by Crippen LogP contribution is 2.23. The number of aryl methyl sites for hydroxylation is 2. The standard InChI is InChI=1S/C21H23FN4O2S/c1-3-26-18-7-5-4-6-17(18)25-21(26)29-13-19(27)23-10-11-24-20(28)15-9-8-14(2)16(22)12-15/h4-9,12H,3,10-11,13H2,1-2H3,(H,23,27)(H,24,28). The van der Waals surface area contributed by atoms with Crippen LogP contribution in [0.1, 0.15) is 22.8 Å². The van der Waals surface area contributed by atoms with Crippen molar-refractivity contribution in [1.82, 2.24) is 20.2 Å². The Morgan fingerprint density at radius 1 is 1.14 bits per heavy atom. The first-order valence-corrected chi connectivity index (χ1v) is 10.4. The summed E-state index contributed by atoms with van der Waals surface area (Å²) in [6.07, 6.45) is 0. The summed E-state index contributed by atoms with van der Waals surface area (Å²) in [5.41, 5.74) is 2.71. The van der Waals surface area contributed by atoms with E-state index in [1.807, 2.05) is 31.2 Å². The molecule has 0 atom stereocenters. The van der Waals surface area contributed by atoms with Crippen molar-refractivity contribution in [3.63, 3.8) is 0 Å². The molecular weight excluding hydrogens is 391 g/mol. The Hall–Kier alpha value is -2.87. The topological polar surface area (TPSA) is 76.0 Å². The summed E-state index contributed by atoms with van der Waals surface area (Å²) in [5, 5.41) is 6.24. The second-order valence-corrected chi connectivity index (χ2v) is 7.43. The van der Waals surface area contributed by atoms with Gasteiger partial charge >= 0.3 is 0 Å². The number of amides is 2. The second kappa shape index (κ2) is 9.56. The van der Waals surface area contributed by atoms with Crippen molar-refractivity contribution < 1.29 is 14.0 Å². The van der Waals surface area contributed by atoms with Crippen LogP contribution in [-0.4, -0.2) is 40.2 Å². The molecule has 0 fully saturated rings. The lowest BCUT2D eigenvalue weighted by Gasteiger charge is -2.08. The highest BCUT2D eigenvalue weighted by atomic mass is 32.2. The maximum atomic E-state index is 13.5. The lowest BCUT2D eigenvalue weighted by Crippen LogP contribution is -2.35. The normalized spacial score (nSPS) is 10.9. The van der Waals surface area contributed by atoms with E-state index in [9.17, 15) is 14.0 Å². The number of carbonyl (C=O) groups excluding carboxylic acids is 2. The number of nitrogens with zero attached hydrogens (tertiary/aromatic N) is 2. The van der Waals surface area contributed by atoms with Crippen LogP contribution in [0.2, 0.25) is 0 Å². The van der Waals surface area contributed by atoms with Gasteiger partial charge in [-0.1, -0.05) is 30.0 Å². The van der Waals surface area contributed by atoms with Gasteiger partial charge in [-0.2, -0.15) is 0 Å². The maximum Gasteiger partial charge on any atom is 0.251 e. The predicted octanol–water partition coefficient (Wildman–Crippen LogP) is 3.14. The van der Waals surface area contributed by atoms with E-state index in [4.69, 9.17) is 0 Å². The van der Waals surface area contributed by atoms with Gasteiger partial charge in [-0.25, -0.2) is 9.37 Å². The molecule has 0 radical (unpaired) electrons. The van der Waals surface area contributed by atoms with Crippen molar-refractivity contribution in [3.05, 3.63) is 59.4 Å². The van der Waals surface area contributed by atoms with Crippen LogP contribution in [0, 0.1) is 12.7 Å². The van der Waals surface area contributed by atoms with Crippen LogP contribution in [0.15, 0.2) is 47.6 Å². The lowest BCUT2D eigenvalue weighted by molar-refractivity contribution is -0.118. The van der Waals surface area contributed by atoms with Crippen LogP contribution < -0.4 is 10.6 Å². The molecule has 152 valence electrons. The summed E-state index contributed by atoms with van der Waals surface area (Å²) in [6, 6.07) is 12.2. The third kappa shape index (κ3) is 5.14. The van der Waals surface area contributed by atoms with Gasteiger partial charge in [0.15, 0.2) is 5.16 Å². The molecule has 0 aliphatic heterocycles. The molecule has 8 heteroatoms. The molecule has 0 spiro atoms. The maximum absolute atomic E-state index is 13.5. The molecule has 6 nitrogen and oxygen atoms in total. The van der Waals surface area contributed by atoms with Gasteiger partial charge in [0.05, 0.1) is 16.8 Å². The Kier molecular flexibility index (Phi) is 6.87. The number of imidazole rings is 1. The molecule has 2 aromatic carbocycles. The molecule has 0 saturated heterocycles. The molecule has 1 heterocycles. The molecular formula is C21H23FN4O2S. The zero-order valence-corrected chi connectivity index (χ0v) is 17.2. The average Bonchev–Trinajstić information content (AvgIpc) is 3.09. The monoisotopic (exact) mass is 414 g/mol. The highest BCUT2D eigenvalue weighted by molar-refractivity contribution is 7.99. The summed E-state index contributed by atoms with van der Waals surface area (Å²) in [6.45, 7) is 5.01. The van der Waals surface area contributed by atoms with Crippen molar-refractivity contribution in [2.24, 2.45) is 0 Å². The van der Waals surface area contributed by atoms with Gasteiger partial charge in [0, 0.05) is 25.2 Å². The van der Waals surface area contributed by atoms with Gasteiger partial charge in [-0.3, -0.25) is 9.59 Å². The van der Waals surface area contributed by atoms with E-state index in [2.05, 4.69) is 20.2 Å². The molecule has 0 aliphatic carbocycles. The average molecular weight is 415 g/mol. The Balaban J connectivity index is 1.43. The Morgan fingerprint density at radius 2 is 1.90 bits per heavy atom. The molecule has 0 bridgehead atoms. The third-order valence-corrected chi connectivity index (χ3v) is 5.41. The van der Waals surface area contributed by atoms with Crippen molar-refractivity contribution in [2.75, 3.05) is 18.8 Å². The molecule has 2 N–H and O–H groups in total. The van der Waals surface area contributed by atoms with E-state index in [1.165, 1.54) is 17.8 Å². The predicted molar refractivity (Wildman–Crippen MR) is 113 cm³/mol. The van der Waals surface area contributed by atoms with E-state index >= 15 is 0 Å². The number of carbonyl (C=O) groups is 2. The van der Waals surface area contributed by atoms with Crippen molar-refractivity contribution in [1.29, 1.82) is 0 Å². The van der Waals surface area contributed by atoms with Crippen LogP contribution >= 0.6 is 11.8 Å².